The number of carbonyl (C=O) groups excluding carboxylic acids is 7. The number of amides is 6. The fraction of sp³-hybridized carbons (Fsp3) is 0.525. The second-order valence-electron chi connectivity index (χ2n) is 15.3. The molecule has 294 valence electrons. The van der Waals surface area contributed by atoms with Crippen LogP contribution in [0.1, 0.15) is 92.2 Å². The minimum atomic E-state index is -0.859. The number of rotatable bonds is 19. The molecule has 54 heavy (non-hydrogen) atoms. The lowest BCUT2D eigenvalue weighted by Gasteiger charge is -2.30. The summed E-state index contributed by atoms with van der Waals surface area (Å²) in [5.74, 6) is -2.51. The van der Waals surface area contributed by atoms with E-state index in [0.717, 1.165) is 11.1 Å². The molecule has 0 radical (unpaired) electrons. The van der Waals surface area contributed by atoms with Crippen molar-refractivity contribution in [1.29, 1.82) is 0 Å². The zero-order valence-electron chi connectivity index (χ0n) is 32.6. The molecule has 0 bridgehead atoms. The van der Waals surface area contributed by atoms with Gasteiger partial charge in [0, 0.05) is 37.6 Å². The van der Waals surface area contributed by atoms with Gasteiger partial charge in [-0.25, -0.2) is 0 Å². The molecule has 2 atom stereocenters. The van der Waals surface area contributed by atoms with Crippen molar-refractivity contribution < 1.29 is 43.0 Å². The molecule has 1 heterocycles. The molecular weight excluding hydrogens is 694 g/mol. The number of anilines is 2. The standard InChI is InChI=1S/C40H55N5O9/c1-25(2)32-22-36(50)45(38(32)52)31-15-11-28(12-16-31)21-34(48)44-39(5,6)19-20-54-40(7,8)18-17-33(47)41-23-35(49)42-26(3)37(51)43-30-13-9-29(10-14-30)24-53-27(4)46/h9-16,25-26,32H,17-24H2,1-8H3,(H,41,47)(H,42,49)(H,43,51)(H,44,48). The summed E-state index contributed by atoms with van der Waals surface area (Å²) in [6, 6.07) is 12.8. The van der Waals surface area contributed by atoms with E-state index in [-0.39, 0.29) is 73.8 Å². The van der Waals surface area contributed by atoms with E-state index in [2.05, 4.69) is 21.3 Å². The van der Waals surface area contributed by atoms with Gasteiger partial charge in [-0.05, 0) is 88.8 Å². The van der Waals surface area contributed by atoms with Crippen LogP contribution in [0.4, 0.5) is 11.4 Å². The van der Waals surface area contributed by atoms with Crippen LogP contribution in [0.25, 0.3) is 0 Å². The average Bonchev–Trinajstić information content (AvgIpc) is 3.39. The van der Waals surface area contributed by atoms with E-state index in [1.54, 1.807) is 48.5 Å². The quantitative estimate of drug-likeness (QED) is 0.122. The molecule has 0 saturated carbocycles. The minimum Gasteiger partial charge on any atom is -0.461 e. The lowest BCUT2D eigenvalue weighted by Crippen LogP contribution is -2.46. The zero-order chi connectivity index (χ0) is 40.2. The maximum Gasteiger partial charge on any atom is 0.302 e. The molecule has 6 amide bonds. The van der Waals surface area contributed by atoms with Crippen LogP contribution in [0.5, 0.6) is 0 Å². The van der Waals surface area contributed by atoms with Gasteiger partial charge in [-0.3, -0.25) is 38.5 Å². The highest BCUT2D eigenvalue weighted by Crippen LogP contribution is 2.31. The van der Waals surface area contributed by atoms with Crippen molar-refractivity contribution in [3.63, 3.8) is 0 Å². The molecule has 0 aromatic heterocycles. The summed E-state index contributed by atoms with van der Waals surface area (Å²) in [5.41, 5.74) is 1.29. The van der Waals surface area contributed by atoms with Crippen LogP contribution >= 0.6 is 0 Å². The highest BCUT2D eigenvalue weighted by atomic mass is 16.5. The smallest absolute Gasteiger partial charge is 0.302 e. The second-order valence-corrected chi connectivity index (χ2v) is 15.3. The largest absolute Gasteiger partial charge is 0.461 e. The Kier molecular flexibility index (Phi) is 15.5. The highest BCUT2D eigenvalue weighted by molar-refractivity contribution is 6.21. The Morgan fingerprint density at radius 1 is 0.852 bits per heavy atom. The van der Waals surface area contributed by atoms with Crippen molar-refractivity contribution in [3.8, 4) is 0 Å². The average molecular weight is 750 g/mol. The fourth-order valence-electron chi connectivity index (χ4n) is 5.69. The summed E-state index contributed by atoms with van der Waals surface area (Å²) < 4.78 is 11.0. The van der Waals surface area contributed by atoms with Crippen molar-refractivity contribution in [2.24, 2.45) is 11.8 Å². The lowest BCUT2D eigenvalue weighted by atomic mass is 9.94. The Balaban J connectivity index is 1.33. The molecule has 1 fully saturated rings. The van der Waals surface area contributed by atoms with Gasteiger partial charge in [0.15, 0.2) is 0 Å². The molecular formula is C40H55N5O9. The molecule has 1 aliphatic rings. The van der Waals surface area contributed by atoms with E-state index in [9.17, 15) is 33.6 Å². The van der Waals surface area contributed by atoms with Crippen LogP contribution < -0.4 is 26.2 Å². The van der Waals surface area contributed by atoms with Crippen molar-refractivity contribution in [2.75, 3.05) is 23.4 Å². The van der Waals surface area contributed by atoms with Crippen molar-refractivity contribution >= 4 is 52.8 Å². The Morgan fingerprint density at radius 2 is 1.48 bits per heavy atom. The third-order valence-corrected chi connectivity index (χ3v) is 9.08. The van der Waals surface area contributed by atoms with Crippen LogP contribution in [0.15, 0.2) is 48.5 Å². The summed E-state index contributed by atoms with van der Waals surface area (Å²) in [7, 11) is 0. The first kappa shape index (κ1) is 43.3. The predicted molar refractivity (Wildman–Crippen MR) is 203 cm³/mol. The van der Waals surface area contributed by atoms with E-state index in [1.807, 2.05) is 41.5 Å². The molecule has 0 spiro atoms. The molecule has 3 rings (SSSR count). The van der Waals surface area contributed by atoms with E-state index in [4.69, 9.17) is 9.47 Å². The molecule has 2 aromatic carbocycles. The highest BCUT2D eigenvalue weighted by Gasteiger charge is 2.40. The first-order valence-electron chi connectivity index (χ1n) is 18.2. The van der Waals surface area contributed by atoms with E-state index >= 15 is 0 Å². The number of benzene rings is 2. The van der Waals surface area contributed by atoms with Gasteiger partial charge in [-0.1, -0.05) is 38.1 Å². The maximum absolute atomic E-state index is 12.9. The molecule has 1 aliphatic heterocycles. The van der Waals surface area contributed by atoms with Gasteiger partial charge in [0.2, 0.25) is 35.4 Å². The van der Waals surface area contributed by atoms with Crippen LogP contribution in [0.3, 0.4) is 0 Å². The Hall–Kier alpha value is -5.11. The number of ether oxygens (including phenoxy) is 2. The van der Waals surface area contributed by atoms with Crippen molar-refractivity contribution in [3.05, 3.63) is 59.7 Å². The number of nitrogens with zero attached hydrogens (tertiary/aromatic N) is 1. The second kappa shape index (κ2) is 19.3. The Labute approximate surface area is 317 Å². The van der Waals surface area contributed by atoms with Gasteiger partial charge in [0.25, 0.3) is 0 Å². The third kappa shape index (κ3) is 14.0. The Morgan fingerprint density at radius 3 is 2.07 bits per heavy atom. The monoisotopic (exact) mass is 749 g/mol. The number of hydrogen-bond acceptors (Lipinski definition) is 9. The van der Waals surface area contributed by atoms with Crippen LogP contribution in [0, 0.1) is 11.8 Å². The summed E-state index contributed by atoms with van der Waals surface area (Å²) in [6.07, 6.45) is 1.34. The molecule has 4 N–H and O–H groups in total. The molecule has 1 saturated heterocycles. The fourth-order valence-corrected chi connectivity index (χ4v) is 5.69. The first-order valence-corrected chi connectivity index (χ1v) is 18.2. The van der Waals surface area contributed by atoms with Gasteiger partial charge in [-0.2, -0.15) is 0 Å². The number of hydrogen-bond donors (Lipinski definition) is 4. The van der Waals surface area contributed by atoms with E-state index < -0.39 is 29.0 Å². The summed E-state index contributed by atoms with van der Waals surface area (Å²) in [4.78, 5) is 87.7. The van der Waals surface area contributed by atoms with Crippen molar-refractivity contribution in [1.82, 2.24) is 16.0 Å². The summed E-state index contributed by atoms with van der Waals surface area (Å²) in [6.45, 7) is 14.4. The van der Waals surface area contributed by atoms with Crippen LogP contribution in [0.2, 0.25) is 0 Å². The molecule has 14 nitrogen and oxygen atoms in total. The first-order chi connectivity index (χ1) is 25.2. The van der Waals surface area contributed by atoms with Crippen LogP contribution in [-0.2, 0) is 56.1 Å². The van der Waals surface area contributed by atoms with Gasteiger partial charge in [0.1, 0.15) is 12.6 Å². The SMILES string of the molecule is CC(=O)OCc1ccc(NC(=O)C(C)NC(=O)CNC(=O)CCC(C)(C)OCCC(C)(C)NC(=O)Cc2ccc(N3C(=O)CC(C(C)C)C3=O)cc2)cc1. The lowest BCUT2D eigenvalue weighted by molar-refractivity contribution is -0.142. The van der Waals surface area contributed by atoms with Crippen molar-refractivity contribution in [2.45, 2.75) is 111 Å². The zero-order valence-corrected chi connectivity index (χ0v) is 32.6. The minimum absolute atomic E-state index is 0.0764. The predicted octanol–water partition coefficient (Wildman–Crippen LogP) is 3.95. The van der Waals surface area contributed by atoms with Gasteiger partial charge in [0.05, 0.1) is 30.2 Å². The number of nitrogens with one attached hydrogen (secondary N) is 4. The third-order valence-electron chi connectivity index (χ3n) is 9.08. The number of carbonyl (C=O) groups is 7. The summed E-state index contributed by atoms with van der Waals surface area (Å²) >= 11 is 0. The topological polar surface area (TPSA) is 189 Å². The van der Waals surface area contributed by atoms with Gasteiger partial charge in [-0.15, -0.1) is 0 Å². The number of esters is 1. The molecule has 0 aliphatic carbocycles. The van der Waals surface area contributed by atoms with Crippen LogP contribution in [-0.4, -0.2) is 71.7 Å². The maximum atomic E-state index is 12.9. The summed E-state index contributed by atoms with van der Waals surface area (Å²) in [5, 5.41) is 10.9. The molecule has 2 unspecified atom stereocenters. The van der Waals surface area contributed by atoms with E-state index in [1.165, 1.54) is 18.7 Å². The molecule has 2 aromatic rings. The van der Waals surface area contributed by atoms with E-state index in [0.29, 0.717) is 30.8 Å². The van der Waals surface area contributed by atoms with Gasteiger partial charge < -0.3 is 30.7 Å². The number of imide groups is 1. The van der Waals surface area contributed by atoms with Gasteiger partial charge >= 0.3 is 5.97 Å². The normalized spacial score (nSPS) is 15.1. The Bertz CT molecular complexity index is 1670. The molecule has 14 heteroatoms.